The Morgan fingerprint density at radius 3 is 2.64 bits per heavy atom. The Morgan fingerprint density at radius 2 is 2.09 bits per heavy atom. The maximum absolute atomic E-state index is 12.1. The van der Waals surface area contributed by atoms with E-state index in [4.69, 9.17) is 27.9 Å². The lowest BCUT2D eigenvalue weighted by Gasteiger charge is -2.12. The van der Waals surface area contributed by atoms with Crippen molar-refractivity contribution in [2.75, 3.05) is 26.1 Å². The summed E-state index contributed by atoms with van der Waals surface area (Å²) >= 11 is 12.9. The van der Waals surface area contributed by atoms with Crippen LogP contribution < -0.4 is 15.0 Å². The van der Waals surface area contributed by atoms with E-state index in [-0.39, 0.29) is 18.5 Å². The van der Waals surface area contributed by atoms with Crippen LogP contribution in [-0.2, 0) is 6.54 Å². The van der Waals surface area contributed by atoms with Gasteiger partial charge in [0.1, 0.15) is 4.34 Å². The van der Waals surface area contributed by atoms with Gasteiger partial charge in [-0.3, -0.25) is 4.79 Å². The first-order chi connectivity index (χ1) is 10.4. The van der Waals surface area contributed by atoms with Crippen molar-refractivity contribution in [1.82, 2.24) is 20.3 Å². The summed E-state index contributed by atoms with van der Waals surface area (Å²) in [6.45, 7) is 0.113. The third-order valence-corrected chi connectivity index (χ3v) is 4.03. The molecule has 0 saturated carbocycles. The minimum Gasteiger partial charge on any atom is -0.467 e. The number of amides is 1. The molecule has 118 valence electrons. The van der Waals surface area contributed by atoms with Gasteiger partial charge in [0.05, 0.1) is 23.6 Å². The highest BCUT2D eigenvalue weighted by Gasteiger charge is 2.15. The largest absolute Gasteiger partial charge is 0.467 e. The number of thiophene rings is 1. The number of methoxy groups -OCH3 is 1. The first-order valence-electron chi connectivity index (χ1n) is 6.10. The molecule has 0 fully saturated rings. The van der Waals surface area contributed by atoms with E-state index in [0.29, 0.717) is 26.0 Å². The predicted octanol–water partition coefficient (Wildman–Crippen LogP) is 2.24. The van der Waals surface area contributed by atoms with E-state index in [0.717, 1.165) is 11.3 Å². The number of hydrogen-bond donors (Lipinski definition) is 1. The van der Waals surface area contributed by atoms with E-state index in [1.807, 2.05) is 0 Å². The van der Waals surface area contributed by atoms with Crippen molar-refractivity contribution in [1.29, 1.82) is 0 Å². The number of halogens is 2. The lowest BCUT2D eigenvalue weighted by atomic mass is 10.3. The van der Waals surface area contributed by atoms with Gasteiger partial charge in [-0.1, -0.05) is 23.2 Å². The van der Waals surface area contributed by atoms with E-state index in [1.165, 1.54) is 13.2 Å². The van der Waals surface area contributed by atoms with E-state index >= 15 is 0 Å². The van der Waals surface area contributed by atoms with Gasteiger partial charge in [0.2, 0.25) is 5.95 Å². The summed E-state index contributed by atoms with van der Waals surface area (Å²) in [6.07, 6.45) is 0. The zero-order valence-corrected chi connectivity index (χ0v) is 14.4. The highest BCUT2D eigenvalue weighted by atomic mass is 35.5. The van der Waals surface area contributed by atoms with E-state index in [2.05, 4.69) is 20.3 Å². The normalized spacial score (nSPS) is 10.4. The van der Waals surface area contributed by atoms with Crippen LogP contribution in [-0.4, -0.2) is 42.1 Å². The maximum Gasteiger partial charge on any atom is 0.321 e. The minimum atomic E-state index is -0.348. The predicted molar refractivity (Wildman–Crippen MR) is 86.2 cm³/mol. The van der Waals surface area contributed by atoms with Gasteiger partial charge in [-0.05, 0) is 6.07 Å². The zero-order chi connectivity index (χ0) is 16.3. The molecular weight excluding hydrogens is 349 g/mol. The van der Waals surface area contributed by atoms with Crippen molar-refractivity contribution in [2.45, 2.75) is 6.54 Å². The molecule has 0 atom stereocenters. The Labute approximate surface area is 141 Å². The number of nitrogens with one attached hydrogen (secondary N) is 1. The second-order valence-electron chi connectivity index (χ2n) is 4.35. The molecule has 0 aliphatic rings. The molecule has 2 aromatic heterocycles. The first-order valence-corrected chi connectivity index (χ1v) is 7.67. The fraction of sp³-hybridized carbons (Fsp3) is 0.333. The summed E-state index contributed by atoms with van der Waals surface area (Å²) in [6, 6.07) is 1.70. The fourth-order valence-electron chi connectivity index (χ4n) is 1.51. The standard InChI is InChI=1S/C12H13Cl2N5O2S/c1-19(2)11-16-8(17-12(18-11)21-3)5-15-10(20)6-4-7(13)22-9(6)14/h4H,5H2,1-3H3,(H,15,20). The maximum atomic E-state index is 12.1. The number of rotatable bonds is 5. The van der Waals surface area contributed by atoms with Gasteiger partial charge in [0.25, 0.3) is 5.91 Å². The molecular formula is C12H13Cl2N5O2S. The van der Waals surface area contributed by atoms with Crippen molar-refractivity contribution in [2.24, 2.45) is 0 Å². The topological polar surface area (TPSA) is 80.2 Å². The summed E-state index contributed by atoms with van der Waals surface area (Å²) in [5.41, 5.74) is 0.325. The Morgan fingerprint density at radius 1 is 1.36 bits per heavy atom. The van der Waals surface area contributed by atoms with Crippen molar-refractivity contribution < 1.29 is 9.53 Å². The van der Waals surface area contributed by atoms with E-state index in [9.17, 15) is 4.79 Å². The summed E-state index contributed by atoms with van der Waals surface area (Å²) in [7, 11) is 5.05. The average molecular weight is 362 g/mol. The summed E-state index contributed by atoms with van der Waals surface area (Å²) in [4.78, 5) is 26.2. The van der Waals surface area contributed by atoms with Gasteiger partial charge in [-0.15, -0.1) is 11.3 Å². The van der Waals surface area contributed by atoms with Crippen LogP contribution in [0.3, 0.4) is 0 Å². The molecule has 7 nitrogen and oxygen atoms in total. The van der Waals surface area contributed by atoms with E-state index < -0.39 is 0 Å². The molecule has 1 N–H and O–H groups in total. The summed E-state index contributed by atoms with van der Waals surface area (Å²) < 4.78 is 5.81. The smallest absolute Gasteiger partial charge is 0.321 e. The minimum absolute atomic E-state index is 0.113. The Kier molecular flexibility index (Phi) is 5.38. The van der Waals surface area contributed by atoms with Crippen LogP contribution in [0.2, 0.25) is 8.67 Å². The highest BCUT2D eigenvalue weighted by molar-refractivity contribution is 7.20. The number of hydrogen-bond acceptors (Lipinski definition) is 7. The van der Waals surface area contributed by atoms with Crippen LogP contribution in [0.15, 0.2) is 6.07 Å². The van der Waals surface area contributed by atoms with Gasteiger partial charge in [-0.25, -0.2) is 0 Å². The first kappa shape index (κ1) is 16.7. The number of aromatic nitrogens is 3. The molecule has 2 heterocycles. The van der Waals surface area contributed by atoms with Crippen LogP contribution in [0, 0.1) is 0 Å². The molecule has 10 heteroatoms. The highest BCUT2D eigenvalue weighted by Crippen LogP contribution is 2.30. The van der Waals surface area contributed by atoms with Gasteiger partial charge in [0.15, 0.2) is 5.82 Å². The number of nitrogens with zero attached hydrogens (tertiary/aromatic N) is 4. The van der Waals surface area contributed by atoms with Crippen LogP contribution in [0.1, 0.15) is 16.2 Å². The van der Waals surface area contributed by atoms with Crippen molar-refractivity contribution >= 4 is 46.4 Å². The molecule has 0 unspecified atom stereocenters. The van der Waals surface area contributed by atoms with Gasteiger partial charge < -0.3 is 15.0 Å². The van der Waals surface area contributed by atoms with E-state index in [1.54, 1.807) is 19.0 Å². The molecule has 2 aromatic rings. The molecule has 1 amide bonds. The second-order valence-corrected chi connectivity index (χ2v) is 6.64. The number of ether oxygens (including phenoxy) is 1. The Bertz CT molecular complexity index is 692. The second kappa shape index (κ2) is 7.08. The van der Waals surface area contributed by atoms with Crippen LogP contribution in [0.4, 0.5) is 5.95 Å². The monoisotopic (exact) mass is 361 g/mol. The summed E-state index contributed by atoms with van der Waals surface area (Å²) in [5.74, 6) is 0.466. The fourth-order valence-corrected chi connectivity index (χ4v) is 2.96. The van der Waals surface area contributed by atoms with Crippen LogP contribution in [0.5, 0.6) is 6.01 Å². The molecule has 0 aliphatic heterocycles. The Balaban J connectivity index is 2.12. The van der Waals surface area contributed by atoms with Gasteiger partial charge >= 0.3 is 6.01 Å². The van der Waals surface area contributed by atoms with Crippen molar-refractivity contribution in [3.05, 3.63) is 26.1 Å². The van der Waals surface area contributed by atoms with Crippen molar-refractivity contribution in [3.63, 3.8) is 0 Å². The molecule has 0 radical (unpaired) electrons. The quantitative estimate of drug-likeness (QED) is 0.879. The average Bonchev–Trinajstić information content (AvgIpc) is 2.83. The molecule has 0 aromatic carbocycles. The van der Waals surface area contributed by atoms with Crippen LogP contribution in [0.25, 0.3) is 0 Å². The van der Waals surface area contributed by atoms with Gasteiger partial charge in [0, 0.05) is 14.1 Å². The molecule has 0 bridgehead atoms. The molecule has 0 spiro atoms. The van der Waals surface area contributed by atoms with Gasteiger partial charge in [-0.2, -0.15) is 15.0 Å². The Hall–Kier alpha value is -1.64. The van der Waals surface area contributed by atoms with Crippen molar-refractivity contribution in [3.8, 4) is 6.01 Å². The third-order valence-electron chi connectivity index (χ3n) is 2.54. The zero-order valence-electron chi connectivity index (χ0n) is 12.1. The number of carbonyl (C=O) groups is 1. The molecule has 22 heavy (non-hydrogen) atoms. The number of carbonyl (C=O) groups excluding carboxylic acids is 1. The van der Waals surface area contributed by atoms with Crippen LogP contribution >= 0.6 is 34.5 Å². The lowest BCUT2D eigenvalue weighted by molar-refractivity contribution is 0.0950. The molecule has 0 saturated heterocycles. The third kappa shape index (κ3) is 3.96. The SMILES string of the molecule is COc1nc(CNC(=O)c2cc(Cl)sc2Cl)nc(N(C)C)n1. The summed E-state index contributed by atoms with van der Waals surface area (Å²) in [5, 5.41) is 2.68. The number of anilines is 1. The lowest BCUT2D eigenvalue weighted by Crippen LogP contribution is -2.25. The molecule has 0 aliphatic carbocycles. The molecule has 2 rings (SSSR count).